The molecule has 0 heterocycles. The summed E-state index contributed by atoms with van der Waals surface area (Å²) in [6.07, 6.45) is -0.157. The molecule has 13 heteroatoms. The monoisotopic (exact) mass is 436 g/mol. The summed E-state index contributed by atoms with van der Waals surface area (Å²) in [5.41, 5.74) is 5.50. The van der Waals surface area contributed by atoms with E-state index in [1.165, 1.54) is 0 Å². The molecule has 0 bridgehead atoms. The summed E-state index contributed by atoms with van der Waals surface area (Å²) in [5, 5.41) is 33.4. The highest BCUT2D eigenvalue weighted by Gasteiger charge is 2.32. The van der Waals surface area contributed by atoms with E-state index in [2.05, 4.69) is 28.6 Å². The van der Waals surface area contributed by atoms with Gasteiger partial charge < -0.3 is 37.0 Å². The smallest absolute Gasteiger partial charge is 0.328 e. The molecule has 0 aromatic heterocycles. The summed E-state index contributed by atoms with van der Waals surface area (Å²) in [6.45, 7) is 2.58. The van der Waals surface area contributed by atoms with Crippen LogP contribution >= 0.6 is 12.6 Å². The second-order valence-electron chi connectivity index (χ2n) is 6.40. The van der Waals surface area contributed by atoms with Crippen LogP contribution in [0.2, 0.25) is 0 Å². The quantitative estimate of drug-likeness (QED) is 0.141. The normalized spacial score (nSPS) is 15.9. The molecule has 0 aromatic carbocycles. The van der Waals surface area contributed by atoms with E-state index in [9.17, 15) is 24.0 Å². The molecule has 0 aliphatic rings. The Kier molecular flexibility index (Phi) is 11.9. The van der Waals surface area contributed by atoms with Gasteiger partial charge in [-0.15, -0.1) is 0 Å². The van der Waals surface area contributed by atoms with Crippen molar-refractivity contribution in [2.45, 2.75) is 50.9 Å². The van der Waals surface area contributed by atoms with Crippen molar-refractivity contribution in [3.8, 4) is 0 Å². The Labute approximate surface area is 173 Å². The van der Waals surface area contributed by atoms with Gasteiger partial charge in [-0.1, -0.05) is 20.3 Å². The van der Waals surface area contributed by atoms with E-state index in [-0.39, 0.29) is 11.7 Å². The number of rotatable bonds is 13. The van der Waals surface area contributed by atoms with Crippen LogP contribution in [-0.2, 0) is 24.0 Å². The number of carbonyl (C=O) groups is 5. The van der Waals surface area contributed by atoms with Gasteiger partial charge in [-0.2, -0.15) is 12.6 Å². The van der Waals surface area contributed by atoms with Crippen molar-refractivity contribution in [2.75, 3.05) is 12.4 Å². The number of carboxylic acid groups (broad SMARTS) is 2. The molecule has 0 aliphatic carbocycles. The number of nitrogens with two attached hydrogens (primary N) is 1. The number of aliphatic hydroxyl groups excluding tert-OH is 1. The molecule has 0 aromatic rings. The zero-order valence-corrected chi connectivity index (χ0v) is 17.0. The van der Waals surface area contributed by atoms with Crippen molar-refractivity contribution in [3.63, 3.8) is 0 Å². The molecule has 0 rings (SSSR count). The van der Waals surface area contributed by atoms with E-state index in [1.807, 2.05) is 0 Å². The first-order valence-corrected chi connectivity index (χ1v) is 9.44. The predicted molar refractivity (Wildman–Crippen MR) is 104 cm³/mol. The van der Waals surface area contributed by atoms with Gasteiger partial charge in [-0.25, -0.2) is 4.79 Å². The van der Waals surface area contributed by atoms with Gasteiger partial charge in [0, 0.05) is 5.75 Å². The molecule has 5 unspecified atom stereocenters. The largest absolute Gasteiger partial charge is 0.481 e. The Morgan fingerprint density at radius 1 is 0.966 bits per heavy atom. The minimum atomic E-state index is -1.55. The number of hydrogen-bond donors (Lipinski definition) is 8. The van der Waals surface area contributed by atoms with Crippen molar-refractivity contribution in [1.29, 1.82) is 0 Å². The maximum Gasteiger partial charge on any atom is 0.328 e. The number of amides is 3. The van der Waals surface area contributed by atoms with Crippen LogP contribution < -0.4 is 21.7 Å². The minimum absolute atomic E-state index is 0.185. The number of nitrogens with one attached hydrogen (secondary N) is 3. The summed E-state index contributed by atoms with van der Waals surface area (Å²) >= 11 is 3.96. The topological polar surface area (TPSA) is 208 Å². The van der Waals surface area contributed by atoms with Gasteiger partial charge in [-0.3, -0.25) is 19.2 Å². The average Bonchev–Trinajstić information content (AvgIpc) is 2.66. The lowest BCUT2D eigenvalue weighted by molar-refractivity contribution is -0.143. The van der Waals surface area contributed by atoms with E-state index < -0.39 is 66.9 Å². The Morgan fingerprint density at radius 3 is 1.93 bits per heavy atom. The minimum Gasteiger partial charge on any atom is -0.481 e. The van der Waals surface area contributed by atoms with Crippen LogP contribution in [0.4, 0.5) is 0 Å². The lowest BCUT2D eigenvalue weighted by atomic mass is 9.97. The van der Waals surface area contributed by atoms with E-state index in [0.29, 0.717) is 6.42 Å². The maximum absolute atomic E-state index is 12.6. The Hall–Kier alpha value is -2.38. The van der Waals surface area contributed by atoms with E-state index in [4.69, 9.17) is 21.1 Å². The molecule has 0 fully saturated rings. The highest BCUT2D eigenvalue weighted by atomic mass is 32.1. The van der Waals surface area contributed by atoms with Crippen LogP contribution in [0, 0.1) is 5.92 Å². The molecule has 12 nitrogen and oxygen atoms in total. The molecular weight excluding hydrogens is 408 g/mol. The fourth-order valence-corrected chi connectivity index (χ4v) is 2.41. The molecule has 3 amide bonds. The molecule has 0 aliphatic heterocycles. The molecule has 0 saturated carbocycles. The number of thiol groups is 1. The van der Waals surface area contributed by atoms with Crippen LogP contribution in [0.25, 0.3) is 0 Å². The fraction of sp³-hybridized carbons (Fsp3) is 0.688. The van der Waals surface area contributed by atoms with E-state index in [1.54, 1.807) is 13.8 Å². The maximum atomic E-state index is 12.6. The molecular formula is C16H28N4O8S. The third kappa shape index (κ3) is 9.11. The van der Waals surface area contributed by atoms with Gasteiger partial charge in [0.1, 0.15) is 18.1 Å². The summed E-state index contributed by atoms with van der Waals surface area (Å²) < 4.78 is 0. The van der Waals surface area contributed by atoms with Gasteiger partial charge >= 0.3 is 11.9 Å². The van der Waals surface area contributed by atoms with Gasteiger partial charge in [0.05, 0.1) is 19.1 Å². The first kappa shape index (κ1) is 26.6. The molecule has 5 atom stereocenters. The first-order chi connectivity index (χ1) is 13.5. The van der Waals surface area contributed by atoms with Gasteiger partial charge in [0.25, 0.3) is 0 Å². The zero-order valence-electron chi connectivity index (χ0n) is 16.1. The van der Waals surface area contributed by atoms with Crippen LogP contribution in [-0.4, -0.2) is 81.5 Å². The van der Waals surface area contributed by atoms with Crippen molar-refractivity contribution in [3.05, 3.63) is 0 Å². The van der Waals surface area contributed by atoms with Crippen molar-refractivity contribution < 1.29 is 39.3 Å². The summed E-state index contributed by atoms with van der Waals surface area (Å²) in [6, 6.07) is -5.27. The lowest BCUT2D eigenvalue weighted by Crippen LogP contribution is -2.59. The SMILES string of the molecule is CCC(C)C(NC(=O)C(N)CC(=O)O)C(=O)NC(CS)C(=O)NC(CO)C(=O)O. The predicted octanol–water partition coefficient (Wildman–Crippen LogP) is -2.70. The molecule has 8 N–H and O–H groups in total. The third-order valence-electron chi connectivity index (χ3n) is 4.14. The average molecular weight is 436 g/mol. The molecule has 0 saturated heterocycles. The Balaban J connectivity index is 5.23. The molecule has 29 heavy (non-hydrogen) atoms. The number of aliphatic carboxylic acids is 2. The van der Waals surface area contributed by atoms with Crippen LogP contribution in [0.3, 0.4) is 0 Å². The number of aliphatic hydroxyl groups is 1. The van der Waals surface area contributed by atoms with Crippen molar-refractivity contribution in [1.82, 2.24) is 16.0 Å². The van der Waals surface area contributed by atoms with Gasteiger partial charge in [0.2, 0.25) is 17.7 Å². The van der Waals surface area contributed by atoms with E-state index >= 15 is 0 Å². The standard InChI is InChI=1S/C16H28N4O8S/c1-3-7(2)12(20-13(24)8(17)4-11(22)23)15(26)19-10(6-29)14(25)18-9(5-21)16(27)28/h7-10,12,21,29H,3-6,17H2,1-2H3,(H,18,25)(H,19,26)(H,20,24)(H,22,23)(H,27,28). The van der Waals surface area contributed by atoms with Crippen LogP contribution in [0.1, 0.15) is 26.7 Å². The molecule has 0 radical (unpaired) electrons. The van der Waals surface area contributed by atoms with Crippen molar-refractivity contribution >= 4 is 42.3 Å². The van der Waals surface area contributed by atoms with Gasteiger partial charge in [0.15, 0.2) is 0 Å². The number of carboxylic acids is 2. The second kappa shape index (κ2) is 13.0. The second-order valence-corrected chi connectivity index (χ2v) is 6.77. The number of carbonyl (C=O) groups excluding carboxylic acids is 3. The van der Waals surface area contributed by atoms with Crippen LogP contribution in [0.5, 0.6) is 0 Å². The van der Waals surface area contributed by atoms with Crippen LogP contribution in [0.15, 0.2) is 0 Å². The third-order valence-corrected chi connectivity index (χ3v) is 4.50. The van der Waals surface area contributed by atoms with E-state index in [0.717, 1.165) is 0 Å². The summed E-state index contributed by atoms with van der Waals surface area (Å²) in [7, 11) is 0. The molecule has 0 spiro atoms. The van der Waals surface area contributed by atoms with Gasteiger partial charge in [-0.05, 0) is 5.92 Å². The molecule has 166 valence electrons. The zero-order chi connectivity index (χ0) is 22.7. The summed E-state index contributed by atoms with van der Waals surface area (Å²) in [5.74, 6) is -5.78. The van der Waals surface area contributed by atoms with Crippen molar-refractivity contribution in [2.24, 2.45) is 11.7 Å². The first-order valence-electron chi connectivity index (χ1n) is 8.81. The summed E-state index contributed by atoms with van der Waals surface area (Å²) in [4.78, 5) is 58.5. The highest BCUT2D eigenvalue weighted by Crippen LogP contribution is 2.09. The Morgan fingerprint density at radius 2 is 1.52 bits per heavy atom. The highest BCUT2D eigenvalue weighted by molar-refractivity contribution is 7.80. The number of hydrogen-bond acceptors (Lipinski definition) is 8. The lowest BCUT2D eigenvalue weighted by Gasteiger charge is -2.27. The fourth-order valence-electron chi connectivity index (χ4n) is 2.16. The Bertz CT molecular complexity index is 618.